The molecule has 0 bridgehead atoms. The second kappa shape index (κ2) is 6.18. The molecule has 0 fully saturated rings. The minimum absolute atomic E-state index is 0.0819. The summed E-state index contributed by atoms with van der Waals surface area (Å²) < 4.78 is 18.9. The highest BCUT2D eigenvalue weighted by atomic mass is 19.1. The number of aliphatic hydroxyl groups is 1. The van der Waals surface area contributed by atoms with Crippen molar-refractivity contribution in [2.75, 3.05) is 0 Å². The van der Waals surface area contributed by atoms with Gasteiger partial charge in [-0.2, -0.15) is 5.26 Å². The van der Waals surface area contributed by atoms with Gasteiger partial charge in [-0.3, -0.25) is 0 Å². The number of aliphatic hydroxyl groups excluding tert-OH is 1. The molecule has 0 aliphatic carbocycles. The van der Waals surface area contributed by atoms with Crippen LogP contribution in [-0.4, -0.2) is 5.11 Å². The van der Waals surface area contributed by atoms with E-state index in [1.54, 1.807) is 6.07 Å². The predicted octanol–water partition coefficient (Wildman–Crippen LogP) is 3.08. The van der Waals surface area contributed by atoms with E-state index in [0.717, 1.165) is 5.56 Å². The largest absolute Gasteiger partial charge is 0.488 e. The third-order valence-corrected chi connectivity index (χ3v) is 3.02. The third kappa shape index (κ3) is 2.95. The number of nitrogens with zero attached hydrogens (tertiary/aromatic N) is 1. The van der Waals surface area contributed by atoms with Crippen molar-refractivity contribution >= 4 is 0 Å². The number of ether oxygens (including phenoxy) is 1. The van der Waals surface area contributed by atoms with Crippen LogP contribution in [0.2, 0.25) is 0 Å². The number of hydrogen-bond donors (Lipinski definition) is 1. The Bertz CT molecular complexity index is 662. The number of nitriles is 1. The first-order valence-electron chi connectivity index (χ1n) is 6.16. The van der Waals surface area contributed by atoms with Crippen LogP contribution in [0.1, 0.15) is 22.3 Å². The summed E-state index contributed by atoms with van der Waals surface area (Å²) in [6.07, 6.45) is 0. The van der Waals surface area contributed by atoms with E-state index in [-0.39, 0.29) is 13.2 Å². The molecule has 20 heavy (non-hydrogen) atoms. The van der Waals surface area contributed by atoms with Gasteiger partial charge in [-0.1, -0.05) is 18.2 Å². The standard InChI is InChI=1S/C16H14FNO2/c1-11-3-2-4-13(9-19)16(11)20-10-14-7-15(17)6-5-12(14)8-18/h2-7,19H,9-10H2,1H3. The Hall–Kier alpha value is -2.38. The molecule has 102 valence electrons. The maximum Gasteiger partial charge on any atom is 0.128 e. The number of para-hydroxylation sites is 1. The summed E-state index contributed by atoms with van der Waals surface area (Å²) in [6, 6.07) is 11.4. The van der Waals surface area contributed by atoms with Gasteiger partial charge in [0, 0.05) is 11.1 Å². The molecule has 0 saturated heterocycles. The average molecular weight is 271 g/mol. The Morgan fingerprint density at radius 1 is 1.25 bits per heavy atom. The van der Waals surface area contributed by atoms with E-state index < -0.39 is 5.82 Å². The van der Waals surface area contributed by atoms with Crippen molar-refractivity contribution in [2.24, 2.45) is 0 Å². The Labute approximate surface area is 116 Å². The van der Waals surface area contributed by atoms with Gasteiger partial charge in [-0.15, -0.1) is 0 Å². The van der Waals surface area contributed by atoms with Crippen molar-refractivity contribution in [2.45, 2.75) is 20.1 Å². The summed E-state index contributed by atoms with van der Waals surface area (Å²) in [5, 5.41) is 18.3. The molecule has 0 spiro atoms. The maximum atomic E-state index is 13.2. The quantitative estimate of drug-likeness (QED) is 0.929. The van der Waals surface area contributed by atoms with Crippen LogP contribution in [0, 0.1) is 24.1 Å². The summed E-state index contributed by atoms with van der Waals surface area (Å²) in [5.74, 6) is 0.165. The van der Waals surface area contributed by atoms with E-state index in [1.165, 1.54) is 18.2 Å². The minimum atomic E-state index is -0.408. The van der Waals surface area contributed by atoms with Crippen LogP contribution in [-0.2, 0) is 13.2 Å². The monoisotopic (exact) mass is 271 g/mol. The maximum absolute atomic E-state index is 13.2. The van der Waals surface area contributed by atoms with Crippen LogP contribution in [0.3, 0.4) is 0 Å². The van der Waals surface area contributed by atoms with Crippen molar-refractivity contribution in [3.05, 3.63) is 64.5 Å². The molecule has 4 heteroatoms. The molecule has 1 N–H and O–H groups in total. The summed E-state index contributed by atoms with van der Waals surface area (Å²) in [6.45, 7) is 1.81. The molecule has 3 nitrogen and oxygen atoms in total. The summed E-state index contributed by atoms with van der Waals surface area (Å²) in [5.41, 5.74) is 2.41. The lowest BCUT2D eigenvalue weighted by atomic mass is 10.1. The highest BCUT2D eigenvalue weighted by Crippen LogP contribution is 2.25. The van der Waals surface area contributed by atoms with Crippen LogP contribution in [0.5, 0.6) is 5.75 Å². The fourth-order valence-corrected chi connectivity index (χ4v) is 1.98. The lowest BCUT2D eigenvalue weighted by Gasteiger charge is -2.13. The summed E-state index contributed by atoms with van der Waals surface area (Å²) in [7, 11) is 0. The van der Waals surface area contributed by atoms with Crippen LogP contribution in [0.4, 0.5) is 4.39 Å². The van der Waals surface area contributed by atoms with E-state index in [0.29, 0.717) is 22.4 Å². The number of halogens is 1. The lowest BCUT2D eigenvalue weighted by molar-refractivity contribution is 0.257. The highest BCUT2D eigenvalue weighted by Gasteiger charge is 2.09. The van der Waals surface area contributed by atoms with Crippen LogP contribution >= 0.6 is 0 Å². The van der Waals surface area contributed by atoms with Crippen molar-refractivity contribution in [3.63, 3.8) is 0 Å². The first kappa shape index (κ1) is 14.0. The number of rotatable bonds is 4. The van der Waals surface area contributed by atoms with Crippen molar-refractivity contribution < 1.29 is 14.2 Å². The molecule has 0 saturated carbocycles. The van der Waals surface area contributed by atoms with Gasteiger partial charge in [0.25, 0.3) is 0 Å². The van der Waals surface area contributed by atoms with Gasteiger partial charge in [-0.05, 0) is 30.7 Å². The van der Waals surface area contributed by atoms with Crippen molar-refractivity contribution in [1.82, 2.24) is 0 Å². The zero-order valence-electron chi connectivity index (χ0n) is 11.1. The van der Waals surface area contributed by atoms with E-state index >= 15 is 0 Å². The van der Waals surface area contributed by atoms with Crippen molar-refractivity contribution in [3.8, 4) is 11.8 Å². The van der Waals surface area contributed by atoms with Gasteiger partial charge in [0.1, 0.15) is 18.2 Å². The van der Waals surface area contributed by atoms with Crippen LogP contribution in [0.15, 0.2) is 36.4 Å². The van der Waals surface area contributed by atoms with Crippen molar-refractivity contribution in [1.29, 1.82) is 5.26 Å². The predicted molar refractivity (Wildman–Crippen MR) is 72.5 cm³/mol. The van der Waals surface area contributed by atoms with E-state index in [2.05, 4.69) is 0 Å². The zero-order chi connectivity index (χ0) is 14.5. The van der Waals surface area contributed by atoms with Gasteiger partial charge < -0.3 is 9.84 Å². The molecule has 0 radical (unpaired) electrons. The van der Waals surface area contributed by atoms with Crippen LogP contribution in [0.25, 0.3) is 0 Å². The second-order valence-electron chi connectivity index (χ2n) is 4.42. The molecule has 2 aromatic rings. The molecule has 0 heterocycles. The van der Waals surface area contributed by atoms with Gasteiger partial charge in [0.05, 0.1) is 18.2 Å². The molecule has 2 rings (SSSR count). The van der Waals surface area contributed by atoms with Gasteiger partial charge in [0.15, 0.2) is 0 Å². The molecule has 0 aliphatic rings. The third-order valence-electron chi connectivity index (χ3n) is 3.02. The zero-order valence-corrected chi connectivity index (χ0v) is 11.1. The molecule has 2 aromatic carbocycles. The molecule has 0 atom stereocenters. The van der Waals surface area contributed by atoms with Gasteiger partial charge in [0.2, 0.25) is 0 Å². The molecule has 0 unspecified atom stereocenters. The van der Waals surface area contributed by atoms with Gasteiger partial charge in [-0.25, -0.2) is 4.39 Å². The van der Waals surface area contributed by atoms with E-state index in [1.807, 2.05) is 25.1 Å². The molecular formula is C16H14FNO2. The normalized spacial score (nSPS) is 10.1. The molecular weight excluding hydrogens is 257 g/mol. The molecule has 0 aromatic heterocycles. The van der Waals surface area contributed by atoms with Crippen LogP contribution < -0.4 is 4.74 Å². The SMILES string of the molecule is Cc1cccc(CO)c1OCc1cc(F)ccc1C#N. The number of hydrogen-bond acceptors (Lipinski definition) is 3. The van der Waals surface area contributed by atoms with Gasteiger partial charge >= 0.3 is 0 Å². The van der Waals surface area contributed by atoms with E-state index in [4.69, 9.17) is 10.00 Å². The minimum Gasteiger partial charge on any atom is -0.488 e. The first-order chi connectivity index (χ1) is 9.65. The molecule has 0 aliphatic heterocycles. The summed E-state index contributed by atoms with van der Waals surface area (Å²) >= 11 is 0. The Kier molecular flexibility index (Phi) is 4.34. The Balaban J connectivity index is 2.26. The second-order valence-corrected chi connectivity index (χ2v) is 4.42. The molecule has 0 amide bonds. The summed E-state index contributed by atoms with van der Waals surface area (Å²) in [4.78, 5) is 0. The Morgan fingerprint density at radius 2 is 2.05 bits per heavy atom. The lowest BCUT2D eigenvalue weighted by Crippen LogP contribution is -2.03. The Morgan fingerprint density at radius 3 is 2.75 bits per heavy atom. The fourth-order valence-electron chi connectivity index (χ4n) is 1.98. The number of aryl methyl sites for hydroxylation is 1. The number of benzene rings is 2. The first-order valence-corrected chi connectivity index (χ1v) is 6.16. The van der Waals surface area contributed by atoms with E-state index in [9.17, 15) is 9.50 Å². The topological polar surface area (TPSA) is 53.2 Å². The smallest absolute Gasteiger partial charge is 0.128 e. The average Bonchev–Trinajstić information content (AvgIpc) is 2.46. The fraction of sp³-hybridized carbons (Fsp3) is 0.188. The highest BCUT2D eigenvalue weighted by molar-refractivity contribution is 5.42.